The maximum atomic E-state index is 11.0. The van der Waals surface area contributed by atoms with E-state index in [0.29, 0.717) is 0 Å². The summed E-state index contributed by atoms with van der Waals surface area (Å²) in [5.41, 5.74) is 0. The molecule has 0 aliphatic carbocycles. The molecule has 0 spiro atoms. The van der Waals surface area contributed by atoms with Gasteiger partial charge < -0.3 is 10.2 Å². The summed E-state index contributed by atoms with van der Waals surface area (Å²) in [4.78, 5) is 20.7. The summed E-state index contributed by atoms with van der Waals surface area (Å²) < 4.78 is 25.8. The van der Waals surface area contributed by atoms with Gasteiger partial charge in [0.15, 0.2) is 0 Å². The summed E-state index contributed by atoms with van der Waals surface area (Å²) in [6, 6.07) is -1.67. The van der Waals surface area contributed by atoms with E-state index in [0.717, 1.165) is 0 Å². The van der Waals surface area contributed by atoms with Crippen molar-refractivity contribution in [2.24, 2.45) is 0 Å². The van der Waals surface area contributed by atoms with Gasteiger partial charge in [0.05, 0.1) is 6.42 Å². The highest BCUT2D eigenvalue weighted by Crippen LogP contribution is 1.94. The first kappa shape index (κ1) is 13.8. The zero-order valence-corrected chi connectivity index (χ0v) is 8.74. The highest BCUT2D eigenvalue weighted by Gasteiger charge is 2.25. The third kappa shape index (κ3) is 5.99. The molecule has 4 N–H and O–H groups in total. The first-order chi connectivity index (χ1) is 6.78. The minimum atomic E-state index is -3.97. The van der Waals surface area contributed by atoms with Gasteiger partial charge in [-0.3, -0.25) is 9.59 Å². The van der Waals surface area contributed by atoms with Crippen LogP contribution in [0.5, 0.6) is 0 Å². The first-order valence-corrected chi connectivity index (χ1v) is 5.48. The SMILES string of the molecule is CCNS(=O)(=O)N[C@@H](CC(=O)O)C(=O)O. The van der Waals surface area contributed by atoms with Gasteiger partial charge in [-0.15, -0.1) is 0 Å². The van der Waals surface area contributed by atoms with E-state index < -0.39 is 34.6 Å². The molecule has 0 radical (unpaired) electrons. The van der Waals surface area contributed by atoms with Crippen LogP contribution in [0, 0.1) is 0 Å². The summed E-state index contributed by atoms with van der Waals surface area (Å²) in [6.07, 6.45) is -0.819. The van der Waals surface area contributed by atoms with Crippen LogP contribution in [0.1, 0.15) is 13.3 Å². The fourth-order valence-electron chi connectivity index (χ4n) is 0.773. The van der Waals surface area contributed by atoms with E-state index in [9.17, 15) is 18.0 Å². The molecule has 0 bridgehead atoms. The third-order valence-corrected chi connectivity index (χ3v) is 2.57. The maximum absolute atomic E-state index is 11.0. The second-order valence-corrected chi connectivity index (χ2v) is 4.14. The number of aliphatic carboxylic acids is 2. The molecule has 8 nitrogen and oxygen atoms in total. The molecule has 0 rings (SSSR count). The van der Waals surface area contributed by atoms with Crippen molar-refractivity contribution in [3.63, 3.8) is 0 Å². The predicted octanol–water partition coefficient (Wildman–Crippen LogP) is -1.64. The summed E-state index contributed by atoms with van der Waals surface area (Å²) >= 11 is 0. The Kier molecular flexibility index (Phi) is 5.19. The summed E-state index contributed by atoms with van der Waals surface area (Å²) in [5, 5.41) is 16.9. The van der Waals surface area contributed by atoms with Crippen molar-refractivity contribution in [1.82, 2.24) is 9.44 Å². The molecule has 0 aromatic carbocycles. The number of carboxylic acids is 2. The van der Waals surface area contributed by atoms with Gasteiger partial charge in [0.25, 0.3) is 10.2 Å². The van der Waals surface area contributed by atoms with Gasteiger partial charge in [-0.2, -0.15) is 13.1 Å². The topological polar surface area (TPSA) is 133 Å². The van der Waals surface area contributed by atoms with Crippen LogP contribution in [0.15, 0.2) is 0 Å². The summed E-state index contributed by atoms with van der Waals surface area (Å²) in [7, 11) is -3.97. The van der Waals surface area contributed by atoms with Crippen molar-refractivity contribution < 1.29 is 28.2 Å². The van der Waals surface area contributed by atoms with Crippen molar-refractivity contribution >= 4 is 22.1 Å². The molecule has 0 aromatic heterocycles. The molecule has 0 unspecified atom stereocenters. The van der Waals surface area contributed by atoms with Crippen LogP contribution in [0.2, 0.25) is 0 Å². The Hall–Kier alpha value is -1.19. The van der Waals surface area contributed by atoms with Crippen LogP contribution in [0.4, 0.5) is 0 Å². The zero-order chi connectivity index (χ0) is 12.1. The van der Waals surface area contributed by atoms with Crippen LogP contribution in [-0.4, -0.2) is 43.2 Å². The Bertz CT molecular complexity index is 338. The third-order valence-electron chi connectivity index (χ3n) is 1.31. The fraction of sp³-hybridized carbons (Fsp3) is 0.667. The second-order valence-electron chi connectivity index (χ2n) is 2.61. The Balaban J connectivity index is 4.55. The second kappa shape index (κ2) is 5.63. The van der Waals surface area contributed by atoms with E-state index in [1.165, 1.54) is 6.92 Å². The number of nitrogens with one attached hydrogen (secondary N) is 2. The lowest BCUT2D eigenvalue weighted by atomic mass is 10.2. The fourth-order valence-corrected chi connectivity index (χ4v) is 1.80. The average molecular weight is 240 g/mol. The van der Waals surface area contributed by atoms with Crippen molar-refractivity contribution in [1.29, 1.82) is 0 Å². The maximum Gasteiger partial charge on any atom is 0.322 e. The van der Waals surface area contributed by atoms with Gasteiger partial charge >= 0.3 is 11.9 Å². The lowest BCUT2D eigenvalue weighted by molar-refractivity contribution is -0.145. The molecule has 15 heavy (non-hydrogen) atoms. The molecule has 0 aliphatic rings. The average Bonchev–Trinajstić information content (AvgIpc) is 2.00. The molecule has 88 valence electrons. The van der Waals surface area contributed by atoms with E-state index in [4.69, 9.17) is 10.2 Å². The Morgan fingerprint density at radius 2 is 1.87 bits per heavy atom. The lowest BCUT2D eigenvalue weighted by Crippen LogP contribution is -2.47. The normalized spacial score (nSPS) is 13.4. The predicted molar refractivity (Wildman–Crippen MR) is 49.4 cm³/mol. The van der Waals surface area contributed by atoms with Crippen molar-refractivity contribution in [3.05, 3.63) is 0 Å². The lowest BCUT2D eigenvalue weighted by Gasteiger charge is -2.12. The smallest absolute Gasteiger partial charge is 0.322 e. The van der Waals surface area contributed by atoms with Crippen LogP contribution in [0.25, 0.3) is 0 Å². The van der Waals surface area contributed by atoms with E-state index in [1.807, 2.05) is 4.72 Å². The van der Waals surface area contributed by atoms with Crippen molar-refractivity contribution in [3.8, 4) is 0 Å². The molecular formula is C6H12N2O6S. The largest absolute Gasteiger partial charge is 0.481 e. The van der Waals surface area contributed by atoms with Gasteiger partial charge in [0.2, 0.25) is 0 Å². The molecule has 0 saturated heterocycles. The van der Waals surface area contributed by atoms with E-state index >= 15 is 0 Å². The molecule has 1 atom stereocenters. The van der Waals surface area contributed by atoms with E-state index in [2.05, 4.69) is 0 Å². The molecule has 0 aromatic rings. The quantitative estimate of drug-likeness (QED) is 0.421. The number of hydrogen-bond acceptors (Lipinski definition) is 4. The van der Waals surface area contributed by atoms with Crippen LogP contribution < -0.4 is 9.44 Å². The number of rotatable bonds is 7. The monoisotopic (exact) mass is 240 g/mol. The molecule has 9 heteroatoms. The summed E-state index contributed by atoms with van der Waals surface area (Å²) in [6.45, 7) is 1.58. The Labute approximate surface area is 86.5 Å². The molecule has 0 aliphatic heterocycles. The Morgan fingerprint density at radius 3 is 2.20 bits per heavy atom. The number of carbonyl (C=O) groups is 2. The molecule has 0 fully saturated rings. The van der Waals surface area contributed by atoms with Crippen molar-refractivity contribution in [2.75, 3.05) is 6.54 Å². The van der Waals surface area contributed by atoms with Gasteiger partial charge in [0.1, 0.15) is 6.04 Å². The van der Waals surface area contributed by atoms with E-state index in [-0.39, 0.29) is 6.54 Å². The summed E-state index contributed by atoms with van der Waals surface area (Å²) in [5.74, 6) is -2.94. The number of hydrogen-bond donors (Lipinski definition) is 4. The Morgan fingerprint density at radius 1 is 1.33 bits per heavy atom. The van der Waals surface area contributed by atoms with Crippen LogP contribution in [-0.2, 0) is 19.8 Å². The van der Waals surface area contributed by atoms with Crippen LogP contribution >= 0.6 is 0 Å². The first-order valence-electron chi connectivity index (χ1n) is 4.00. The standard InChI is InChI=1S/C6H12N2O6S/c1-2-7-15(13,14)8-4(6(11)12)3-5(9)10/h4,7-8H,2-3H2,1H3,(H,9,10)(H,11,12)/t4-/m0/s1. The molecular weight excluding hydrogens is 228 g/mol. The van der Waals surface area contributed by atoms with Crippen LogP contribution in [0.3, 0.4) is 0 Å². The highest BCUT2D eigenvalue weighted by atomic mass is 32.2. The van der Waals surface area contributed by atoms with E-state index in [1.54, 1.807) is 4.72 Å². The minimum absolute atomic E-state index is 0.0781. The van der Waals surface area contributed by atoms with Crippen molar-refractivity contribution in [2.45, 2.75) is 19.4 Å². The highest BCUT2D eigenvalue weighted by molar-refractivity contribution is 7.87. The van der Waals surface area contributed by atoms with Gasteiger partial charge in [-0.05, 0) is 0 Å². The van der Waals surface area contributed by atoms with Gasteiger partial charge in [-0.1, -0.05) is 6.92 Å². The van der Waals surface area contributed by atoms with Gasteiger partial charge in [0, 0.05) is 6.54 Å². The number of carboxylic acid groups (broad SMARTS) is 2. The minimum Gasteiger partial charge on any atom is -0.481 e. The van der Waals surface area contributed by atoms with Gasteiger partial charge in [-0.25, -0.2) is 4.72 Å². The molecule has 0 heterocycles. The molecule has 0 amide bonds. The molecule has 0 saturated carbocycles. The zero-order valence-electron chi connectivity index (χ0n) is 7.93.